The Morgan fingerprint density at radius 2 is 1.75 bits per heavy atom. The van der Waals surface area contributed by atoms with Gasteiger partial charge >= 0.3 is 6.09 Å². The molecule has 32 heavy (non-hydrogen) atoms. The molecule has 0 radical (unpaired) electrons. The van der Waals surface area contributed by atoms with Crippen molar-refractivity contribution in [2.24, 2.45) is 0 Å². The lowest BCUT2D eigenvalue weighted by Crippen LogP contribution is -2.51. The summed E-state index contributed by atoms with van der Waals surface area (Å²) in [7, 11) is 2.16. The summed E-state index contributed by atoms with van der Waals surface area (Å²) < 4.78 is 5.09. The van der Waals surface area contributed by atoms with Gasteiger partial charge in [-0.1, -0.05) is 0 Å². The van der Waals surface area contributed by atoms with Gasteiger partial charge in [0.15, 0.2) is 5.11 Å². The molecule has 1 amide bonds. The second-order valence-corrected chi connectivity index (χ2v) is 8.81. The summed E-state index contributed by atoms with van der Waals surface area (Å²) in [5.74, 6) is 1.05. The van der Waals surface area contributed by atoms with E-state index in [9.17, 15) is 4.79 Å². The van der Waals surface area contributed by atoms with Crippen molar-refractivity contribution in [2.75, 3.05) is 76.2 Å². The van der Waals surface area contributed by atoms with Crippen LogP contribution in [0.15, 0.2) is 24.3 Å². The molecule has 3 heterocycles. The number of piperazine rings is 2. The summed E-state index contributed by atoms with van der Waals surface area (Å²) in [5, 5.41) is 5.16. The molecular weight excluding hydrogens is 424 g/mol. The Hall–Kier alpha value is -2.65. The molecule has 4 rings (SSSR count). The van der Waals surface area contributed by atoms with E-state index in [1.54, 1.807) is 4.90 Å². The van der Waals surface area contributed by atoms with Crippen molar-refractivity contribution in [3.05, 3.63) is 29.8 Å². The zero-order chi connectivity index (χ0) is 22.7. The Bertz CT molecular complexity index is 984. The minimum Gasteiger partial charge on any atom is -0.450 e. The summed E-state index contributed by atoms with van der Waals surface area (Å²) in [4.78, 5) is 25.3. The van der Waals surface area contributed by atoms with Gasteiger partial charge in [-0.2, -0.15) is 0 Å². The topological polar surface area (TPSA) is 64.2 Å². The SMILES string of the molecule is CCOC(=O)N1CCN(C(=S)Nc2ccc3nc(N4CCN(C)CC4)cc(C)c3c2)CC1. The Balaban J connectivity index is 1.41. The van der Waals surface area contributed by atoms with E-state index in [-0.39, 0.29) is 6.09 Å². The monoisotopic (exact) mass is 456 g/mol. The van der Waals surface area contributed by atoms with E-state index in [2.05, 4.69) is 52.2 Å². The van der Waals surface area contributed by atoms with Crippen molar-refractivity contribution in [3.8, 4) is 0 Å². The first-order valence-electron chi connectivity index (χ1n) is 11.3. The van der Waals surface area contributed by atoms with Gasteiger partial charge in [0.25, 0.3) is 0 Å². The zero-order valence-electron chi connectivity index (χ0n) is 19.1. The van der Waals surface area contributed by atoms with Crippen molar-refractivity contribution in [3.63, 3.8) is 0 Å². The summed E-state index contributed by atoms with van der Waals surface area (Å²) in [6.45, 7) is 11.1. The number of hydrogen-bond donors (Lipinski definition) is 1. The van der Waals surface area contributed by atoms with Crippen molar-refractivity contribution in [1.82, 2.24) is 19.7 Å². The van der Waals surface area contributed by atoms with Gasteiger partial charge in [-0.05, 0) is 62.9 Å². The maximum Gasteiger partial charge on any atom is 0.409 e. The number of fused-ring (bicyclic) bond motifs is 1. The standard InChI is InChI=1S/C23H32N6O2S/c1-4-31-23(30)29-13-11-28(12-14-29)22(32)24-18-5-6-20-19(16-18)17(2)15-21(25-20)27-9-7-26(3)8-10-27/h5-6,15-16H,4,7-14H2,1-3H3,(H,24,32). The molecule has 2 saturated heterocycles. The van der Waals surface area contributed by atoms with Crippen molar-refractivity contribution < 1.29 is 9.53 Å². The van der Waals surface area contributed by atoms with E-state index >= 15 is 0 Å². The van der Waals surface area contributed by atoms with Gasteiger partial charge in [0.2, 0.25) is 0 Å². The van der Waals surface area contributed by atoms with Crippen molar-refractivity contribution >= 4 is 45.8 Å². The molecule has 1 aromatic carbocycles. The molecule has 0 aliphatic carbocycles. The molecule has 2 aliphatic heterocycles. The highest BCUT2D eigenvalue weighted by molar-refractivity contribution is 7.80. The average molecular weight is 457 g/mol. The Morgan fingerprint density at radius 3 is 2.44 bits per heavy atom. The molecule has 1 N–H and O–H groups in total. The molecule has 0 bridgehead atoms. The maximum atomic E-state index is 11.9. The van der Waals surface area contributed by atoms with Gasteiger partial charge in [0.1, 0.15) is 5.82 Å². The smallest absolute Gasteiger partial charge is 0.409 e. The summed E-state index contributed by atoms with van der Waals surface area (Å²) in [6.07, 6.45) is -0.250. The molecule has 8 nitrogen and oxygen atoms in total. The summed E-state index contributed by atoms with van der Waals surface area (Å²) in [5.41, 5.74) is 3.16. The van der Waals surface area contributed by atoms with Gasteiger partial charge in [0, 0.05) is 63.4 Å². The lowest BCUT2D eigenvalue weighted by molar-refractivity contribution is 0.0923. The van der Waals surface area contributed by atoms with Crippen LogP contribution in [-0.2, 0) is 4.74 Å². The van der Waals surface area contributed by atoms with Crippen LogP contribution in [0.2, 0.25) is 0 Å². The van der Waals surface area contributed by atoms with E-state index in [0.717, 1.165) is 48.6 Å². The van der Waals surface area contributed by atoms with Gasteiger partial charge in [-0.25, -0.2) is 9.78 Å². The largest absolute Gasteiger partial charge is 0.450 e. The number of rotatable bonds is 3. The third-order valence-electron chi connectivity index (χ3n) is 6.17. The number of carbonyl (C=O) groups excluding carboxylic acids is 1. The van der Waals surface area contributed by atoms with Crippen molar-refractivity contribution in [2.45, 2.75) is 13.8 Å². The Kier molecular flexibility index (Phi) is 6.95. The second-order valence-electron chi connectivity index (χ2n) is 8.42. The van der Waals surface area contributed by atoms with Gasteiger partial charge in [-0.15, -0.1) is 0 Å². The first-order valence-corrected chi connectivity index (χ1v) is 11.7. The molecule has 9 heteroatoms. The van der Waals surface area contributed by atoms with Crippen LogP contribution in [0, 0.1) is 6.92 Å². The Labute approximate surface area is 195 Å². The number of pyridine rings is 1. The van der Waals surface area contributed by atoms with Crippen LogP contribution < -0.4 is 10.2 Å². The number of anilines is 2. The number of ether oxygens (including phenoxy) is 1. The van der Waals surface area contributed by atoms with Crippen LogP contribution in [0.4, 0.5) is 16.3 Å². The molecule has 172 valence electrons. The molecule has 2 aliphatic rings. The number of carbonyl (C=O) groups is 1. The van der Waals surface area contributed by atoms with Crippen LogP contribution in [0.5, 0.6) is 0 Å². The third-order valence-corrected chi connectivity index (χ3v) is 6.53. The highest BCUT2D eigenvalue weighted by atomic mass is 32.1. The van der Waals surface area contributed by atoms with Crippen LogP contribution >= 0.6 is 12.2 Å². The lowest BCUT2D eigenvalue weighted by Gasteiger charge is -2.35. The van der Waals surface area contributed by atoms with E-state index in [1.165, 1.54) is 5.56 Å². The number of aryl methyl sites for hydroxylation is 1. The molecule has 2 fully saturated rings. The minimum atomic E-state index is -0.250. The fraction of sp³-hybridized carbons (Fsp3) is 0.522. The van der Waals surface area contributed by atoms with E-state index < -0.39 is 0 Å². The predicted octanol–water partition coefficient (Wildman–Crippen LogP) is 2.77. The quantitative estimate of drug-likeness (QED) is 0.708. The van der Waals surface area contributed by atoms with Crippen LogP contribution in [0.3, 0.4) is 0 Å². The number of amides is 1. The molecule has 1 aromatic heterocycles. The molecule has 0 unspecified atom stereocenters. The number of nitrogens with zero attached hydrogens (tertiary/aromatic N) is 5. The minimum absolute atomic E-state index is 0.250. The van der Waals surface area contributed by atoms with E-state index in [4.69, 9.17) is 21.9 Å². The van der Waals surface area contributed by atoms with Gasteiger partial charge in [-0.3, -0.25) is 0 Å². The van der Waals surface area contributed by atoms with E-state index in [0.29, 0.717) is 37.9 Å². The Morgan fingerprint density at radius 1 is 1.06 bits per heavy atom. The van der Waals surface area contributed by atoms with E-state index in [1.807, 2.05) is 13.0 Å². The maximum absolute atomic E-state index is 11.9. The summed E-state index contributed by atoms with van der Waals surface area (Å²) in [6, 6.07) is 8.40. The average Bonchev–Trinajstić information content (AvgIpc) is 2.80. The number of hydrogen-bond acceptors (Lipinski definition) is 6. The van der Waals surface area contributed by atoms with Crippen LogP contribution in [0.25, 0.3) is 10.9 Å². The number of likely N-dealkylation sites (N-methyl/N-ethyl adjacent to an activating group) is 1. The molecule has 2 aromatic rings. The van der Waals surface area contributed by atoms with Gasteiger partial charge in [0.05, 0.1) is 12.1 Å². The highest BCUT2D eigenvalue weighted by Gasteiger charge is 2.23. The third kappa shape index (κ3) is 5.05. The molecule has 0 spiro atoms. The fourth-order valence-corrected chi connectivity index (χ4v) is 4.46. The number of benzene rings is 1. The molecular formula is C23H32N6O2S. The number of aromatic nitrogens is 1. The van der Waals surface area contributed by atoms with Gasteiger partial charge < -0.3 is 29.7 Å². The van der Waals surface area contributed by atoms with Crippen molar-refractivity contribution in [1.29, 1.82) is 0 Å². The van der Waals surface area contributed by atoms with Crippen LogP contribution in [-0.4, -0.2) is 96.9 Å². The number of nitrogens with one attached hydrogen (secondary N) is 1. The fourth-order valence-electron chi connectivity index (χ4n) is 4.16. The first-order chi connectivity index (χ1) is 15.4. The highest BCUT2D eigenvalue weighted by Crippen LogP contribution is 2.26. The predicted molar refractivity (Wildman–Crippen MR) is 133 cm³/mol. The molecule has 0 saturated carbocycles. The molecule has 0 atom stereocenters. The normalized spacial score (nSPS) is 17.5. The second kappa shape index (κ2) is 9.87. The first kappa shape index (κ1) is 22.5. The number of thiocarbonyl (C=S) groups is 1. The summed E-state index contributed by atoms with van der Waals surface area (Å²) >= 11 is 5.64. The van der Waals surface area contributed by atoms with Crippen LogP contribution in [0.1, 0.15) is 12.5 Å². The zero-order valence-corrected chi connectivity index (χ0v) is 20.0. The lowest BCUT2D eigenvalue weighted by atomic mass is 10.1.